The van der Waals surface area contributed by atoms with Crippen LogP contribution < -0.4 is 18.9 Å². The lowest BCUT2D eigenvalue weighted by molar-refractivity contribution is 0.323. The van der Waals surface area contributed by atoms with Crippen LogP contribution in [0.4, 0.5) is 0 Å². The van der Waals surface area contributed by atoms with Crippen LogP contribution in [0.2, 0.25) is 0 Å². The van der Waals surface area contributed by atoms with Gasteiger partial charge >= 0.3 is 0 Å². The zero-order valence-corrected chi connectivity index (χ0v) is 18.4. The fourth-order valence-electron chi connectivity index (χ4n) is 3.76. The van der Waals surface area contributed by atoms with Crippen molar-refractivity contribution in [2.75, 3.05) is 28.4 Å². The molecule has 0 atom stereocenters. The highest BCUT2D eigenvalue weighted by atomic mass is 16.5. The number of aryl methyl sites for hydroxylation is 1. The van der Waals surface area contributed by atoms with Crippen LogP contribution in [0.3, 0.4) is 0 Å². The molecule has 0 aliphatic carbocycles. The summed E-state index contributed by atoms with van der Waals surface area (Å²) in [4.78, 5) is 4.93. The Labute approximate surface area is 182 Å². The number of imidazole rings is 1. The molecule has 1 heterocycles. The van der Waals surface area contributed by atoms with Crippen molar-refractivity contribution in [3.63, 3.8) is 0 Å². The first kappa shape index (κ1) is 20.6. The normalized spacial score (nSPS) is 10.9. The van der Waals surface area contributed by atoms with Crippen LogP contribution in [0.1, 0.15) is 11.1 Å². The summed E-state index contributed by atoms with van der Waals surface area (Å²) in [7, 11) is 6.52. The van der Waals surface area contributed by atoms with Crippen molar-refractivity contribution >= 4 is 11.0 Å². The highest BCUT2D eigenvalue weighted by Gasteiger charge is 2.17. The molecule has 0 bridgehead atoms. The average molecular weight is 418 g/mol. The zero-order valence-electron chi connectivity index (χ0n) is 18.4. The van der Waals surface area contributed by atoms with E-state index >= 15 is 0 Å². The van der Waals surface area contributed by atoms with Gasteiger partial charge in [-0.3, -0.25) is 0 Å². The van der Waals surface area contributed by atoms with Gasteiger partial charge in [0.25, 0.3) is 0 Å². The van der Waals surface area contributed by atoms with E-state index in [2.05, 4.69) is 29.7 Å². The third kappa shape index (κ3) is 3.89. The quantitative estimate of drug-likeness (QED) is 0.418. The second-order valence-electron chi connectivity index (χ2n) is 7.28. The van der Waals surface area contributed by atoms with Crippen molar-refractivity contribution in [2.45, 2.75) is 13.5 Å². The van der Waals surface area contributed by atoms with Crippen LogP contribution in [0, 0.1) is 6.92 Å². The third-order valence-electron chi connectivity index (χ3n) is 5.32. The Morgan fingerprint density at radius 1 is 0.774 bits per heavy atom. The number of aromatic nitrogens is 2. The molecular weight excluding hydrogens is 392 g/mol. The van der Waals surface area contributed by atoms with E-state index in [4.69, 9.17) is 23.9 Å². The van der Waals surface area contributed by atoms with Gasteiger partial charge in [-0.1, -0.05) is 6.07 Å². The van der Waals surface area contributed by atoms with Gasteiger partial charge in [-0.2, -0.15) is 0 Å². The largest absolute Gasteiger partial charge is 0.497 e. The number of benzene rings is 3. The average Bonchev–Trinajstić information content (AvgIpc) is 3.15. The van der Waals surface area contributed by atoms with E-state index in [0.29, 0.717) is 23.8 Å². The molecule has 6 nitrogen and oxygen atoms in total. The van der Waals surface area contributed by atoms with E-state index in [1.165, 1.54) is 5.56 Å². The molecule has 31 heavy (non-hydrogen) atoms. The van der Waals surface area contributed by atoms with Crippen LogP contribution in [-0.2, 0) is 6.54 Å². The Hall–Kier alpha value is -3.67. The van der Waals surface area contributed by atoms with Crippen molar-refractivity contribution in [3.8, 4) is 34.4 Å². The van der Waals surface area contributed by atoms with Gasteiger partial charge in [-0.15, -0.1) is 0 Å². The maximum Gasteiger partial charge on any atom is 0.203 e. The number of fused-ring (bicyclic) bond motifs is 1. The first-order chi connectivity index (χ1) is 15.1. The van der Waals surface area contributed by atoms with E-state index in [0.717, 1.165) is 33.7 Å². The summed E-state index contributed by atoms with van der Waals surface area (Å²) in [5.74, 6) is 3.53. The number of nitrogens with zero attached hydrogens (tertiary/aromatic N) is 2. The first-order valence-electron chi connectivity index (χ1n) is 9.98. The molecular formula is C25H26N2O4. The van der Waals surface area contributed by atoms with Crippen LogP contribution in [0.25, 0.3) is 22.4 Å². The van der Waals surface area contributed by atoms with E-state index in [-0.39, 0.29) is 0 Å². The molecule has 160 valence electrons. The number of hydrogen-bond acceptors (Lipinski definition) is 5. The molecule has 6 heteroatoms. The smallest absolute Gasteiger partial charge is 0.203 e. The summed E-state index contributed by atoms with van der Waals surface area (Å²) in [6.07, 6.45) is 0. The molecule has 0 N–H and O–H groups in total. The molecule has 0 radical (unpaired) electrons. The van der Waals surface area contributed by atoms with Gasteiger partial charge in [-0.25, -0.2) is 4.98 Å². The van der Waals surface area contributed by atoms with Crippen LogP contribution in [0.15, 0.2) is 54.6 Å². The Morgan fingerprint density at radius 3 is 2.03 bits per heavy atom. The van der Waals surface area contributed by atoms with Gasteiger partial charge in [0.15, 0.2) is 11.5 Å². The summed E-state index contributed by atoms with van der Waals surface area (Å²) in [6.45, 7) is 2.68. The molecule has 0 aliphatic rings. The van der Waals surface area contributed by atoms with E-state index in [9.17, 15) is 0 Å². The standard InChI is InChI=1S/C25H26N2O4/c1-16-6-11-20-21(12-16)27(25(26-20)18-7-9-19(28-2)10-8-18)15-17-13-22(29-3)24(31-5)23(14-17)30-4/h6-14H,15H2,1-5H3. The molecule has 0 fully saturated rings. The fourth-order valence-corrected chi connectivity index (χ4v) is 3.76. The Bertz CT molecular complexity index is 1190. The second kappa shape index (κ2) is 8.60. The van der Waals surface area contributed by atoms with Gasteiger partial charge in [-0.05, 0) is 66.6 Å². The highest BCUT2D eigenvalue weighted by molar-refractivity contribution is 5.81. The molecule has 4 aromatic rings. The van der Waals surface area contributed by atoms with Gasteiger partial charge in [0.05, 0.1) is 39.5 Å². The van der Waals surface area contributed by atoms with Crippen LogP contribution >= 0.6 is 0 Å². The van der Waals surface area contributed by atoms with Gasteiger partial charge in [0.1, 0.15) is 11.6 Å². The molecule has 0 saturated heterocycles. The predicted octanol–water partition coefficient (Wildman–Crippen LogP) is 5.09. The van der Waals surface area contributed by atoms with Gasteiger partial charge in [0, 0.05) is 12.1 Å². The topological polar surface area (TPSA) is 54.7 Å². The van der Waals surface area contributed by atoms with Crippen molar-refractivity contribution in [1.82, 2.24) is 9.55 Å². The Morgan fingerprint density at radius 2 is 1.45 bits per heavy atom. The number of rotatable bonds is 7. The zero-order chi connectivity index (χ0) is 22.0. The fraction of sp³-hybridized carbons (Fsp3) is 0.240. The molecule has 4 rings (SSSR count). The van der Waals surface area contributed by atoms with Crippen molar-refractivity contribution in [1.29, 1.82) is 0 Å². The van der Waals surface area contributed by atoms with Crippen molar-refractivity contribution in [3.05, 3.63) is 65.7 Å². The Kier molecular flexibility index (Phi) is 5.71. The predicted molar refractivity (Wildman–Crippen MR) is 122 cm³/mol. The number of methoxy groups -OCH3 is 4. The summed E-state index contributed by atoms with van der Waals surface area (Å²) < 4.78 is 24.1. The van der Waals surface area contributed by atoms with Gasteiger partial charge < -0.3 is 23.5 Å². The lowest BCUT2D eigenvalue weighted by atomic mass is 10.1. The second-order valence-corrected chi connectivity index (χ2v) is 7.28. The molecule has 0 spiro atoms. The maximum absolute atomic E-state index is 5.54. The number of hydrogen-bond donors (Lipinski definition) is 0. The lowest BCUT2D eigenvalue weighted by Gasteiger charge is -2.16. The minimum absolute atomic E-state index is 0.579. The summed E-state index contributed by atoms with van der Waals surface area (Å²) in [6, 6.07) is 18.2. The van der Waals surface area contributed by atoms with Crippen molar-refractivity contribution in [2.24, 2.45) is 0 Å². The first-order valence-corrected chi connectivity index (χ1v) is 9.98. The summed E-state index contributed by atoms with van der Waals surface area (Å²) in [5.41, 5.74) is 5.23. The Balaban J connectivity index is 1.87. The maximum atomic E-state index is 5.54. The van der Waals surface area contributed by atoms with Crippen LogP contribution in [-0.4, -0.2) is 38.0 Å². The molecule has 3 aromatic carbocycles. The molecule has 0 unspecified atom stereocenters. The monoisotopic (exact) mass is 418 g/mol. The van der Waals surface area contributed by atoms with Gasteiger partial charge in [0.2, 0.25) is 5.75 Å². The van der Waals surface area contributed by atoms with E-state index in [1.54, 1.807) is 28.4 Å². The molecule has 1 aromatic heterocycles. The summed E-state index contributed by atoms with van der Waals surface area (Å²) >= 11 is 0. The third-order valence-corrected chi connectivity index (χ3v) is 5.32. The molecule has 0 aliphatic heterocycles. The minimum Gasteiger partial charge on any atom is -0.497 e. The number of ether oxygens (including phenoxy) is 4. The van der Waals surface area contributed by atoms with Crippen molar-refractivity contribution < 1.29 is 18.9 Å². The molecule has 0 saturated carbocycles. The highest BCUT2D eigenvalue weighted by Crippen LogP contribution is 2.39. The van der Waals surface area contributed by atoms with E-state index in [1.807, 2.05) is 36.4 Å². The lowest BCUT2D eigenvalue weighted by Crippen LogP contribution is -2.04. The molecule has 0 amide bonds. The van der Waals surface area contributed by atoms with Crippen LogP contribution in [0.5, 0.6) is 23.0 Å². The minimum atomic E-state index is 0.579. The van der Waals surface area contributed by atoms with E-state index < -0.39 is 0 Å². The SMILES string of the molecule is COc1ccc(-c2nc3ccc(C)cc3n2Cc2cc(OC)c(OC)c(OC)c2)cc1. The summed E-state index contributed by atoms with van der Waals surface area (Å²) in [5, 5.41) is 0.